The lowest BCUT2D eigenvalue weighted by molar-refractivity contribution is -0.00754. The number of nitrogens with zero attached hydrogens (tertiary/aromatic N) is 2. The number of hydrogen-bond acceptors (Lipinski definition) is 4. The molecule has 0 aliphatic rings. The molecule has 1 atom stereocenters. The predicted molar refractivity (Wildman–Crippen MR) is 63.1 cm³/mol. The average Bonchev–Trinajstić information content (AvgIpc) is 2.77. The number of aliphatic hydroxyl groups is 1. The van der Waals surface area contributed by atoms with E-state index >= 15 is 0 Å². The van der Waals surface area contributed by atoms with E-state index in [2.05, 4.69) is 26.1 Å². The number of hydrogen-bond donors (Lipinski definition) is 1. The second kappa shape index (κ2) is 5.53. The normalized spacial score (nSPS) is 12.9. The molecule has 0 saturated carbocycles. The molecule has 0 amide bonds. The van der Waals surface area contributed by atoms with Gasteiger partial charge in [-0.2, -0.15) is 4.98 Å². The molecule has 0 spiro atoms. The van der Waals surface area contributed by atoms with Crippen molar-refractivity contribution in [1.82, 2.24) is 10.1 Å². The maximum absolute atomic E-state index is 12.2. The van der Waals surface area contributed by atoms with Gasteiger partial charge in [-0.15, -0.1) is 0 Å². The van der Waals surface area contributed by atoms with E-state index in [-0.39, 0.29) is 12.3 Å². The first kappa shape index (κ1) is 13.1. The van der Waals surface area contributed by atoms with Crippen molar-refractivity contribution in [2.24, 2.45) is 0 Å². The van der Waals surface area contributed by atoms with Crippen molar-refractivity contribution in [3.05, 3.63) is 34.6 Å². The number of alkyl halides is 2. The lowest BCUT2D eigenvalue weighted by Gasteiger charge is -2.04. The molecule has 1 N–H and O–H groups in total. The fourth-order valence-corrected chi connectivity index (χ4v) is 1.75. The summed E-state index contributed by atoms with van der Waals surface area (Å²) in [6.07, 6.45) is -4.98. The van der Waals surface area contributed by atoms with E-state index in [1.807, 2.05) is 6.07 Å². The van der Waals surface area contributed by atoms with Crippen molar-refractivity contribution < 1.29 is 18.4 Å². The van der Waals surface area contributed by atoms with Gasteiger partial charge >= 0.3 is 0 Å². The Hall–Kier alpha value is -1.34. The van der Waals surface area contributed by atoms with Crippen LogP contribution in [0.5, 0.6) is 0 Å². The van der Waals surface area contributed by atoms with Crippen LogP contribution < -0.4 is 0 Å². The summed E-state index contributed by atoms with van der Waals surface area (Å²) in [6.45, 7) is 0. The maximum atomic E-state index is 12.2. The van der Waals surface area contributed by atoms with E-state index in [4.69, 9.17) is 9.63 Å². The lowest BCUT2D eigenvalue weighted by Crippen LogP contribution is -2.20. The van der Waals surface area contributed by atoms with E-state index in [9.17, 15) is 8.78 Å². The van der Waals surface area contributed by atoms with Gasteiger partial charge in [-0.05, 0) is 12.1 Å². The van der Waals surface area contributed by atoms with Crippen LogP contribution in [0.2, 0.25) is 0 Å². The van der Waals surface area contributed by atoms with E-state index in [0.717, 1.165) is 4.47 Å². The van der Waals surface area contributed by atoms with Crippen LogP contribution in [-0.4, -0.2) is 27.8 Å². The molecule has 0 bridgehead atoms. The van der Waals surface area contributed by atoms with E-state index < -0.39 is 12.5 Å². The minimum atomic E-state index is -2.83. The molecule has 2 aromatic rings. The predicted octanol–water partition coefficient (Wildman–Crippen LogP) is 2.67. The van der Waals surface area contributed by atoms with Crippen LogP contribution in [0.1, 0.15) is 5.89 Å². The molecular formula is C11H9BrF2N2O2. The molecular weight excluding hydrogens is 310 g/mol. The minimum absolute atomic E-state index is 0.0159. The summed E-state index contributed by atoms with van der Waals surface area (Å²) < 4.78 is 30.0. The monoisotopic (exact) mass is 318 g/mol. The third-order valence-corrected chi connectivity index (χ3v) is 2.72. The summed E-state index contributed by atoms with van der Waals surface area (Å²) >= 11 is 3.30. The van der Waals surface area contributed by atoms with Crippen molar-refractivity contribution in [3.63, 3.8) is 0 Å². The smallest absolute Gasteiger partial charge is 0.264 e. The zero-order valence-corrected chi connectivity index (χ0v) is 10.6. The number of rotatable bonds is 4. The number of aromatic nitrogens is 2. The van der Waals surface area contributed by atoms with E-state index in [1.165, 1.54) is 0 Å². The van der Waals surface area contributed by atoms with Gasteiger partial charge in [0.15, 0.2) is 0 Å². The molecule has 2 rings (SSSR count). The molecule has 4 nitrogen and oxygen atoms in total. The van der Waals surface area contributed by atoms with E-state index in [0.29, 0.717) is 11.4 Å². The molecule has 0 aliphatic heterocycles. The maximum Gasteiger partial charge on any atom is 0.264 e. The zero-order chi connectivity index (χ0) is 13.1. The highest BCUT2D eigenvalue weighted by Crippen LogP contribution is 2.20. The van der Waals surface area contributed by atoms with E-state index in [1.54, 1.807) is 18.2 Å². The molecule has 1 heterocycles. The first-order chi connectivity index (χ1) is 8.56. The van der Waals surface area contributed by atoms with Gasteiger partial charge in [-0.3, -0.25) is 0 Å². The molecule has 96 valence electrons. The molecule has 7 heteroatoms. The van der Waals surface area contributed by atoms with Crippen molar-refractivity contribution in [2.45, 2.75) is 19.0 Å². The van der Waals surface area contributed by atoms with Crippen molar-refractivity contribution in [1.29, 1.82) is 0 Å². The zero-order valence-electron chi connectivity index (χ0n) is 9.05. The summed E-state index contributed by atoms with van der Waals surface area (Å²) in [4.78, 5) is 3.95. The summed E-state index contributed by atoms with van der Waals surface area (Å²) in [7, 11) is 0. The highest BCUT2D eigenvalue weighted by Gasteiger charge is 2.21. The van der Waals surface area contributed by atoms with Gasteiger partial charge in [0, 0.05) is 10.0 Å². The Morgan fingerprint density at radius 2 is 2.17 bits per heavy atom. The summed E-state index contributed by atoms with van der Waals surface area (Å²) in [6, 6.07) is 7.18. The Labute approximate surface area is 110 Å². The number of halogens is 3. The first-order valence-electron chi connectivity index (χ1n) is 5.11. The summed E-state index contributed by atoms with van der Waals surface area (Å²) in [5.41, 5.74) is 0.700. The van der Waals surface area contributed by atoms with Crippen molar-refractivity contribution in [2.75, 3.05) is 0 Å². The first-order valence-corrected chi connectivity index (χ1v) is 5.90. The Bertz CT molecular complexity index is 533. The van der Waals surface area contributed by atoms with Gasteiger partial charge in [-0.1, -0.05) is 33.2 Å². The van der Waals surface area contributed by atoms with Crippen molar-refractivity contribution >= 4 is 15.9 Å². The van der Waals surface area contributed by atoms with Crippen molar-refractivity contribution in [3.8, 4) is 11.4 Å². The molecule has 1 aromatic carbocycles. The Balaban J connectivity index is 2.15. The van der Waals surface area contributed by atoms with Crippen LogP contribution in [0.4, 0.5) is 8.78 Å². The largest absolute Gasteiger partial charge is 0.387 e. The summed E-state index contributed by atoms with van der Waals surface area (Å²) in [5, 5.41) is 12.7. The van der Waals surface area contributed by atoms with Crippen LogP contribution in [0.15, 0.2) is 33.3 Å². The molecule has 0 aliphatic carbocycles. The third-order valence-electron chi connectivity index (χ3n) is 2.23. The second-order valence-corrected chi connectivity index (χ2v) is 4.54. The molecule has 0 saturated heterocycles. The summed E-state index contributed by atoms with van der Waals surface area (Å²) in [5.74, 6) is 0.283. The van der Waals surface area contributed by atoms with Gasteiger partial charge in [0.25, 0.3) is 6.43 Å². The van der Waals surface area contributed by atoms with Crippen LogP contribution in [0, 0.1) is 0 Å². The van der Waals surface area contributed by atoms with Crippen LogP contribution >= 0.6 is 15.9 Å². The minimum Gasteiger partial charge on any atom is -0.387 e. The van der Waals surface area contributed by atoms with Crippen LogP contribution in [0.3, 0.4) is 0 Å². The lowest BCUT2D eigenvalue weighted by atomic mass is 10.2. The molecule has 1 unspecified atom stereocenters. The van der Waals surface area contributed by atoms with Crippen LogP contribution in [-0.2, 0) is 6.42 Å². The molecule has 18 heavy (non-hydrogen) atoms. The van der Waals surface area contributed by atoms with Gasteiger partial charge < -0.3 is 9.63 Å². The number of aliphatic hydroxyl groups excluding tert-OH is 1. The number of benzene rings is 1. The molecule has 0 fully saturated rings. The molecule has 1 aromatic heterocycles. The fraction of sp³-hybridized carbons (Fsp3) is 0.273. The van der Waals surface area contributed by atoms with Crippen LogP contribution in [0.25, 0.3) is 11.4 Å². The SMILES string of the molecule is OC(Cc1nc(-c2cccc(Br)c2)no1)C(F)F. The molecule has 0 radical (unpaired) electrons. The Kier molecular flexibility index (Phi) is 4.03. The van der Waals surface area contributed by atoms with Gasteiger partial charge in [0.2, 0.25) is 11.7 Å². The van der Waals surface area contributed by atoms with Gasteiger partial charge in [-0.25, -0.2) is 8.78 Å². The Morgan fingerprint density at radius 1 is 1.39 bits per heavy atom. The fourth-order valence-electron chi connectivity index (χ4n) is 1.35. The Morgan fingerprint density at radius 3 is 2.83 bits per heavy atom. The quantitative estimate of drug-likeness (QED) is 0.941. The highest BCUT2D eigenvalue weighted by atomic mass is 79.9. The standard InChI is InChI=1S/C11H9BrF2N2O2/c12-7-3-1-2-6(4-7)11-15-9(18-16-11)5-8(17)10(13)14/h1-4,8,10,17H,5H2. The second-order valence-electron chi connectivity index (χ2n) is 3.63. The topological polar surface area (TPSA) is 59.2 Å². The van der Waals surface area contributed by atoms with Gasteiger partial charge in [0.1, 0.15) is 6.10 Å². The van der Waals surface area contributed by atoms with Gasteiger partial charge in [0.05, 0.1) is 6.42 Å². The highest BCUT2D eigenvalue weighted by molar-refractivity contribution is 9.10. The third kappa shape index (κ3) is 3.11. The average molecular weight is 319 g/mol.